The highest BCUT2D eigenvalue weighted by atomic mass is 35.5. The highest BCUT2D eigenvalue weighted by Crippen LogP contribution is 2.31. The molecule has 0 amide bonds. The molecule has 0 radical (unpaired) electrons. The van der Waals surface area contributed by atoms with E-state index in [9.17, 15) is 4.79 Å². The molecular formula is C13H21ClN2OS. The quantitative estimate of drug-likeness (QED) is 0.703. The van der Waals surface area contributed by atoms with Gasteiger partial charge >= 0.3 is 0 Å². The standard InChI is InChI=1S/C13H21ClN2OS/c1-5-10(6-2)16(7-9(3)4)13-15-12(14)11(8-17)18-13/h8-10H,5-7H2,1-4H3. The lowest BCUT2D eigenvalue weighted by Crippen LogP contribution is -2.37. The molecule has 0 atom stereocenters. The molecule has 1 rings (SSSR count). The normalized spacial score (nSPS) is 11.3. The maximum atomic E-state index is 10.9. The fraction of sp³-hybridized carbons (Fsp3) is 0.692. The van der Waals surface area contributed by atoms with Gasteiger partial charge in [-0.05, 0) is 18.8 Å². The van der Waals surface area contributed by atoms with Crippen LogP contribution in [0, 0.1) is 5.92 Å². The van der Waals surface area contributed by atoms with Crippen LogP contribution in [0.1, 0.15) is 50.2 Å². The van der Waals surface area contributed by atoms with E-state index in [1.54, 1.807) is 0 Å². The molecule has 0 spiro atoms. The Morgan fingerprint density at radius 1 is 1.39 bits per heavy atom. The van der Waals surface area contributed by atoms with Crippen molar-refractivity contribution in [2.75, 3.05) is 11.4 Å². The number of carbonyl (C=O) groups is 1. The molecule has 102 valence electrons. The first kappa shape index (κ1) is 15.4. The van der Waals surface area contributed by atoms with Gasteiger partial charge in [0.2, 0.25) is 0 Å². The Morgan fingerprint density at radius 3 is 2.39 bits per heavy atom. The van der Waals surface area contributed by atoms with Crippen molar-refractivity contribution in [1.29, 1.82) is 0 Å². The molecule has 0 fully saturated rings. The Morgan fingerprint density at radius 2 is 2.00 bits per heavy atom. The highest BCUT2D eigenvalue weighted by Gasteiger charge is 2.21. The first-order valence-corrected chi connectivity index (χ1v) is 7.60. The monoisotopic (exact) mass is 288 g/mol. The third kappa shape index (κ3) is 3.69. The van der Waals surface area contributed by atoms with Gasteiger partial charge in [-0.2, -0.15) is 0 Å². The lowest BCUT2D eigenvalue weighted by Gasteiger charge is -2.31. The summed E-state index contributed by atoms with van der Waals surface area (Å²) in [6.45, 7) is 9.67. The van der Waals surface area contributed by atoms with Gasteiger partial charge in [-0.3, -0.25) is 4.79 Å². The minimum absolute atomic E-state index is 0.324. The number of thiazole rings is 1. The summed E-state index contributed by atoms with van der Waals surface area (Å²) in [4.78, 5) is 18.0. The lowest BCUT2D eigenvalue weighted by atomic mass is 10.1. The predicted octanol–water partition coefficient (Wildman–Crippen LogP) is 4.26. The number of anilines is 1. The van der Waals surface area contributed by atoms with Crippen LogP contribution in [-0.4, -0.2) is 23.9 Å². The Kier molecular flexibility index (Phi) is 6.09. The molecule has 0 bridgehead atoms. The van der Waals surface area contributed by atoms with E-state index < -0.39 is 0 Å². The summed E-state index contributed by atoms with van der Waals surface area (Å²) in [6.07, 6.45) is 2.91. The summed E-state index contributed by atoms with van der Waals surface area (Å²) < 4.78 is 0. The third-order valence-corrected chi connectivity index (χ3v) is 4.31. The second kappa shape index (κ2) is 7.10. The highest BCUT2D eigenvalue weighted by molar-refractivity contribution is 7.17. The van der Waals surface area contributed by atoms with Crippen molar-refractivity contribution in [2.45, 2.75) is 46.6 Å². The smallest absolute Gasteiger partial charge is 0.187 e. The van der Waals surface area contributed by atoms with E-state index in [1.165, 1.54) is 11.3 Å². The zero-order chi connectivity index (χ0) is 13.7. The van der Waals surface area contributed by atoms with Crippen LogP contribution >= 0.6 is 22.9 Å². The zero-order valence-corrected chi connectivity index (χ0v) is 13.0. The number of aldehydes is 1. The van der Waals surface area contributed by atoms with Crippen LogP contribution in [0.25, 0.3) is 0 Å². The number of nitrogens with zero attached hydrogens (tertiary/aromatic N) is 2. The fourth-order valence-electron chi connectivity index (χ4n) is 2.00. The van der Waals surface area contributed by atoms with Gasteiger partial charge in [0.05, 0.1) is 0 Å². The topological polar surface area (TPSA) is 33.2 Å². The molecule has 0 aliphatic rings. The number of aromatic nitrogens is 1. The molecule has 0 saturated heterocycles. The van der Waals surface area contributed by atoms with Crippen LogP contribution in [0.2, 0.25) is 5.15 Å². The Bertz CT molecular complexity index is 388. The number of carbonyl (C=O) groups excluding carboxylic acids is 1. The largest absolute Gasteiger partial charge is 0.345 e. The average molecular weight is 289 g/mol. The van der Waals surface area contributed by atoms with Crippen molar-refractivity contribution in [3.8, 4) is 0 Å². The third-order valence-electron chi connectivity index (χ3n) is 2.90. The van der Waals surface area contributed by atoms with Gasteiger partial charge in [-0.15, -0.1) is 0 Å². The summed E-state index contributed by atoms with van der Waals surface area (Å²) >= 11 is 7.34. The zero-order valence-electron chi connectivity index (χ0n) is 11.4. The Hall–Kier alpha value is -0.610. The minimum Gasteiger partial charge on any atom is -0.345 e. The summed E-state index contributed by atoms with van der Waals surface area (Å²) in [5, 5.41) is 1.19. The van der Waals surface area contributed by atoms with Gasteiger partial charge in [0.1, 0.15) is 4.88 Å². The van der Waals surface area contributed by atoms with E-state index in [4.69, 9.17) is 11.6 Å². The van der Waals surface area contributed by atoms with Crippen molar-refractivity contribution < 1.29 is 4.79 Å². The van der Waals surface area contributed by atoms with E-state index in [0.29, 0.717) is 22.0 Å². The van der Waals surface area contributed by atoms with Crippen LogP contribution in [0.4, 0.5) is 5.13 Å². The number of halogens is 1. The second-order valence-corrected chi connectivity index (χ2v) is 6.15. The van der Waals surface area contributed by atoms with Crippen LogP contribution in [0.3, 0.4) is 0 Å². The van der Waals surface area contributed by atoms with E-state index in [1.807, 2.05) is 0 Å². The van der Waals surface area contributed by atoms with E-state index >= 15 is 0 Å². The van der Waals surface area contributed by atoms with Crippen molar-refractivity contribution in [1.82, 2.24) is 4.98 Å². The van der Waals surface area contributed by atoms with Crippen LogP contribution in [0.5, 0.6) is 0 Å². The van der Waals surface area contributed by atoms with Crippen molar-refractivity contribution >= 4 is 34.4 Å². The summed E-state index contributed by atoms with van der Waals surface area (Å²) in [5.41, 5.74) is 0. The molecule has 1 aromatic rings. The van der Waals surface area contributed by atoms with Crippen molar-refractivity contribution in [2.24, 2.45) is 5.92 Å². The first-order valence-electron chi connectivity index (χ1n) is 6.41. The maximum Gasteiger partial charge on any atom is 0.187 e. The Balaban J connectivity index is 3.03. The van der Waals surface area contributed by atoms with Gasteiger partial charge < -0.3 is 4.90 Å². The molecule has 0 aromatic carbocycles. The lowest BCUT2D eigenvalue weighted by molar-refractivity contribution is 0.112. The number of rotatable bonds is 7. The number of hydrogen-bond donors (Lipinski definition) is 0. The molecular weight excluding hydrogens is 268 g/mol. The van der Waals surface area contributed by atoms with Crippen LogP contribution in [0.15, 0.2) is 0 Å². The van der Waals surface area contributed by atoms with E-state index in [2.05, 4.69) is 37.6 Å². The molecule has 3 nitrogen and oxygen atoms in total. The van der Waals surface area contributed by atoms with Crippen LogP contribution < -0.4 is 4.90 Å². The number of hydrogen-bond acceptors (Lipinski definition) is 4. The van der Waals surface area contributed by atoms with Gasteiger partial charge in [0.25, 0.3) is 0 Å². The molecule has 0 saturated carbocycles. The molecule has 1 aromatic heterocycles. The second-order valence-electron chi connectivity index (χ2n) is 4.79. The first-order chi connectivity index (χ1) is 8.53. The molecule has 1 heterocycles. The molecule has 18 heavy (non-hydrogen) atoms. The molecule has 0 N–H and O–H groups in total. The predicted molar refractivity (Wildman–Crippen MR) is 79.1 cm³/mol. The maximum absolute atomic E-state index is 10.9. The minimum atomic E-state index is 0.324. The molecule has 0 aliphatic heterocycles. The molecule has 5 heteroatoms. The fourth-order valence-corrected chi connectivity index (χ4v) is 3.15. The average Bonchev–Trinajstić information content (AvgIpc) is 2.70. The summed E-state index contributed by atoms with van der Waals surface area (Å²) in [6, 6.07) is 0.453. The SMILES string of the molecule is CCC(CC)N(CC(C)C)c1nc(Cl)c(C=O)s1. The van der Waals surface area contributed by atoms with E-state index in [0.717, 1.165) is 30.8 Å². The van der Waals surface area contributed by atoms with Gasteiger partial charge in [0, 0.05) is 12.6 Å². The van der Waals surface area contributed by atoms with Gasteiger partial charge in [-0.1, -0.05) is 50.6 Å². The van der Waals surface area contributed by atoms with Crippen molar-refractivity contribution in [3.05, 3.63) is 10.0 Å². The molecule has 0 aliphatic carbocycles. The van der Waals surface area contributed by atoms with Crippen molar-refractivity contribution in [3.63, 3.8) is 0 Å². The summed E-state index contributed by atoms with van der Waals surface area (Å²) in [5.74, 6) is 0.549. The Labute approximate surface area is 118 Å². The summed E-state index contributed by atoms with van der Waals surface area (Å²) in [7, 11) is 0. The van der Waals surface area contributed by atoms with Gasteiger partial charge in [0.15, 0.2) is 16.6 Å². The van der Waals surface area contributed by atoms with E-state index in [-0.39, 0.29) is 0 Å². The van der Waals surface area contributed by atoms with Gasteiger partial charge in [-0.25, -0.2) is 4.98 Å². The molecule has 0 unspecified atom stereocenters. The van der Waals surface area contributed by atoms with Crippen LogP contribution in [-0.2, 0) is 0 Å².